The standard InChI is InChI=1S/C15H14N6O2/c1-8-12(10-5-6-18-21(10)2)19-14(20-13(8)15(22)23)9-3-4-11(16)17-7-9/h3-7H,1-2H3,(H2,16,17)(H,22,23). The summed E-state index contributed by atoms with van der Waals surface area (Å²) >= 11 is 0. The number of nitrogens with zero attached hydrogens (tertiary/aromatic N) is 5. The Kier molecular flexibility index (Phi) is 3.49. The number of carbonyl (C=O) groups is 1. The molecular weight excluding hydrogens is 296 g/mol. The summed E-state index contributed by atoms with van der Waals surface area (Å²) in [7, 11) is 1.77. The molecule has 0 bridgehead atoms. The van der Waals surface area contributed by atoms with Crippen LogP contribution in [-0.2, 0) is 7.05 Å². The van der Waals surface area contributed by atoms with E-state index in [1.807, 2.05) is 0 Å². The van der Waals surface area contributed by atoms with Gasteiger partial charge in [-0.25, -0.2) is 19.7 Å². The molecule has 116 valence electrons. The minimum absolute atomic E-state index is 0.0528. The van der Waals surface area contributed by atoms with Gasteiger partial charge in [0.05, 0.1) is 11.4 Å². The predicted octanol–water partition coefficient (Wildman–Crippen LogP) is 1.53. The van der Waals surface area contributed by atoms with Crippen molar-refractivity contribution in [1.29, 1.82) is 0 Å². The van der Waals surface area contributed by atoms with Crippen molar-refractivity contribution >= 4 is 11.8 Å². The number of nitrogens with two attached hydrogens (primary N) is 1. The number of anilines is 1. The molecular formula is C15H14N6O2. The third kappa shape index (κ3) is 2.61. The summed E-state index contributed by atoms with van der Waals surface area (Å²) in [5.74, 6) is -0.471. The number of carboxylic acids is 1. The van der Waals surface area contributed by atoms with Gasteiger partial charge in [-0.05, 0) is 25.1 Å². The molecule has 0 saturated carbocycles. The van der Waals surface area contributed by atoms with Crippen molar-refractivity contribution in [2.24, 2.45) is 7.05 Å². The maximum atomic E-state index is 11.5. The van der Waals surface area contributed by atoms with Gasteiger partial charge in [-0.15, -0.1) is 0 Å². The van der Waals surface area contributed by atoms with E-state index in [0.717, 1.165) is 0 Å². The Bertz CT molecular complexity index is 885. The molecule has 0 aliphatic rings. The fourth-order valence-corrected chi connectivity index (χ4v) is 2.25. The van der Waals surface area contributed by atoms with E-state index in [1.165, 1.54) is 6.20 Å². The maximum Gasteiger partial charge on any atom is 0.354 e. The van der Waals surface area contributed by atoms with Crippen molar-refractivity contribution in [3.05, 3.63) is 41.9 Å². The quantitative estimate of drug-likeness (QED) is 0.752. The Balaban J connectivity index is 2.26. The smallest absolute Gasteiger partial charge is 0.354 e. The van der Waals surface area contributed by atoms with Crippen LogP contribution >= 0.6 is 0 Å². The van der Waals surface area contributed by atoms with E-state index in [0.29, 0.717) is 28.3 Å². The summed E-state index contributed by atoms with van der Waals surface area (Å²) in [5.41, 5.74) is 7.81. The van der Waals surface area contributed by atoms with Crippen molar-refractivity contribution in [3.8, 4) is 22.8 Å². The van der Waals surface area contributed by atoms with Crippen LogP contribution in [0, 0.1) is 6.92 Å². The molecule has 0 spiro atoms. The normalized spacial score (nSPS) is 10.7. The highest BCUT2D eigenvalue weighted by Crippen LogP contribution is 2.26. The molecule has 3 N–H and O–H groups in total. The van der Waals surface area contributed by atoms with Crippen LogP contribution < -0.4 is 5.73 Å². The van der Waals surface area contributed by atoms with Crippen molar-refractivity contribution in [3.63, 3.8) is 0 Å². The van der Waals surface area contributed by atoms with E-state index in [1.54, 1.807) is 43.0 Å². The van der Waals surface area contributed by atoms with E-state index in [4.69, 9.17) is 5.73 Å². The van der Waals surface area contributed by atoms with Gasteiger partial charge in [0.25, 0.3) is 0 Å². The third-order valence-corrected chi connectivity index (χ3v) is 3.46. The van der Waals surface area contributed by atoms with Crippen LogP contribution in [0.2, 0.25) is 0 Å². The molecule has 3 rings (SSSR count). The number of pyridine rings is 1. The van der Waals surface area contributed by atoms with Gasteiger partial charge in [0, 0.05) is 30.6 Å². The second kappa shape index (κ2) is 5.48. The van der Waals surface area contributed by atoms with Crippen LogP contribution in [0.25, 0.3) is 22.8 Å². The van der Waals surface area contributed by atoms with Crippen LogP contribution in [0.1, 0.15) is 16.1 Å². The van der Waals surface area contributed by atoms with Gasteiger partial charge in [0.1, 0.15) is 5.82 Å². The molecule has 0 atom stereocenters. The highest BCUT2D eigenvalue weighted by atomic mass is 16.4. The van der Waals surface area contributed by atoms with Crippen LogP contribution in [0.15, 0.2) is 30.6 Å². The monoisotopic (exact) mass is 310 g/mol. The van der Waals surface area contributed by atoms with Crippen molar-refractivity contribution in [2.75, 3.05) is 5.73 Å². The van der Waals surface area contributed by atoms with E-state index in [2.05, 4.69) is 20.1 Å². The lowest BCUT2D eigenvalue weighted by atomic mass is 10.1. The number of nitrogen functional groups attached to an aromatic ring is 1. The Morgan fingerprint density at radius 1 is 1.26 bits per heavy atom. The molecule has 3 heterocycles. The lowest BCUT2D eigenvalue weighted by Gasteiger charge is -2.11. The van der Waals surface area contributed by atoms with E-state index < -0.39 is 5.97 Å². The van der Waals surface area contributed by atoms with Gasteiger partial charge < -0.3 is 10.8 Å². The molecule has 0 fully saturated rings. The van der Waals surface area contributed by atoms with Gasteiger partial charge in [0.2, 0.25) is 0 Å². The molecule has 8 heteroatoms. The lowest BCUT2D eigenvalue weighted by Crippen LogP contribution is -2.10. The molecule has 0 aromatic carbocycles. The number of hydrogen-bond acceptors (Lipinski definition) is 6. The van der Waals surface area contributed by atoms with Gasteiger partial charge in [0.15, 0.2) is 11.5 Å². The second-order valence-corrected chi connectivity index (χ2v) is 4.99. The molecule has 23 heavy (non-hydrogen) atoms. The average molecular weight is 310 g/mol. The zero-order chi connectivity index (χ0) is 16.6. The van der Waals surface area contributed by atoms with Crippen molar-refractivity contribution < 1.29 is 9.90 Å². The first kappa shape index (κ1) is 14.6. The Morgan fingerprint density at radius 3 is 2.61 bits per heavy atom. The average Bonchev–Trinajstić information content (AvgIpc) is 2.94. The SMILES string of the molecule is Cc1c(C(=O)O)nc(-c2ccc(N)nc2)nc1-c1ccnn1C. The maximum absolute atomic E-state index is 11.5. The number of aromatic carboxylic acids is 1. The summed E-state index contributed by atoms with van der Waals surface area (Å²) in [6.07, 6.45) is 3.14. The number of aromatic nitrogens is 5. The number of carboxylic acid groups (broad SMARTS) is 1. The summed E-state index contributed by atoms with van der Waals surface area (Å²) in [4.78, 5) is 24.2. The van der Waals surface area contributed by atoms with E-state index in [9.17, 15) is 9.90 Å². The Morgan fingerprint density at radius 2 is 2.04 bits per heavy atom. The molecule has 0 aliphatic heterocycles. The summed E-state index contributed by atoms with van der Waals surface area (Å²) in [6, 6.07) is 5.08. The van der Waals surface area contributed by atoms with Gasteiger partial charge >= 0.3 is 5.97 Å². The van der Waals surface area contributed by atoms with Gasteiger partial charge in [-0.2, -0.15) is 5.10 Å². The van der Waals surface area contributed by atoms with E-state index >= 15 is 0 Å². The molecule has 3 aromatic rings. The van der Waals surface area contributed by atoms with Gasteiger partial charge in [-0.3, -0.25) is 4.68 Å². The minimum atomic E-state index is -1.11. The zero-order valence-electron chi connectivity index (χ0n) is 12.6. The largest absolute Gasteiger partial charge is 0.476 e. The number of aryl methyl sites for hydroxylation is 1. The van der Waals surface area contributed by atoms with Crippen LogP contribution in [0.5, 0.6) is 0 Å². The number of hydrogen-bond donors (Lipinski definition) is 2. The van der Waals surface area contributed by atoms with E-state index in [-0.39, 0.29) is 11.5 Å². The molecule has 0 radical (unpaired) electrons. The first-order valence-electron chi connectivity index (χ1n) is 6.79. The lowest BCUT2D eigenvalue weighted by molar-refractivity contribution is 0.0689. The minimum Gasteiger partial charge on any atom is -0.476 e. The van der Waals surface area contributed by atoms with Crippen LogP contribution in [0.3, 0.4) is 0 Å². The van der Waals surface area contributed by atoms with Crippen LogP contribution in [0.4, 0.5) is 5.82 Å². The molecule has 8 nitrogen and oxygen atoms in total. The third-order valence-electron chi connectivity index (χ3n) is 3.46. The van der Waals surface area contributed by atoms with Crippen molar-refractivity contribution in [2.45, 2.75) is 6.92 Å². The van der Waals surface area contributed by atoms with Crippen LogP contribution in [-0.4, -0.2) is 35.8 Å². The summed E-state index contributed by atoms with van der Waals surface area (Å²) < 4.78 is 1.63. The molecule has 3 aromatic heterocycles. The molecule has 0 aliphatic carbocycles. The zero-order valence-corrected chi connectivity index (χ0v) is 12.6. The Labute approximate surface area is 131 Å². The Hall–Kier alpha value is -3.29. The molecule has 0 saturated heterocycles. The summed E-state index contributed by atoms with van der Waals surface area (Å²) in [6.45, 7) is 1.68. The van der Waals surface area contributed by atoms with Crippen molar-refractivity contribution in [1.82, 2.24) is 24.7 Å². The summed E-state index contributed by atoms with van der Waals surface area (Å²) in [5, 5.41) is 13.5. The molecule has 0 amide bonds. The number of rotatable bonds is 3. The molecule has 0 unspecified atom stereocenters. The van der Waals surface area contributed by atoms with Gasteiger partial charge in [-0.1, -0.05) is 0 Å². The second-order valence-electron chi connectivity index (χ2n) is 4.99. The topological polar surface area (TPSA) is 120 Å². The first-order chi connectivity index (χ1) is 11.0. The fourth-order valence-electron chi connectivity index (χ4n) is 2.25. The highest BCUT2D eigenvalue weighted by molar-refractivity contribution is 5.89. The highest BCUT2D eigenvalue weighted by Gasteiger charge is 2.19. The predicted molar refractivity (Wildman–Crippen MR) is 83.6 cm³/mol. The fraction of sp³-hybridized carbons (Fsp3) is 0.133. The first-order valence-corrected chi connectivity index (χ1v) is 6.79.